The van der Waals surface area contributed by atoms with Crippen LogP contribution in [0.5, 0.6) is 0 Å². The lowest BCUT2D eigenvalue weighted by molar-refractivity contribution is -0.386. The molecule has 1 aromatic rings. The number of pyridine rings is 1. The van der Waals surface area contributed by atoms with E-state index in [4.69, 9.17) is 11.6 Å². The van der Waals surface area contributed by atoms with Crippen LogP contribution < -0.4 is 0 Å². The van der Waals surface area contributed by atoms with E-state index in [1.54, 1.807) is 0 Å². The minimum atomic E-state index is -3.14. The van der Waals surface area contributed by atoms with Gasteiger partial charge in [-0.1, -0.05) is 0 Å². The average Bonchev–Trinajstić information content (AvgIpc) is 2.16. The molecule has 0 unspecified atom stereocenters. The standard InChI is InChI=1S/C7H3ClF2N2O3/c8-6(13)3-1-2-4(12(14)15)5(11-3)7(9)10/h1-2,7H. The molecule has 5 nitrogen and oxygen atoms in total. The van der Waals surface area contributed by atoms with Gasteiger partial charge in [0.15, 0.2) is 5.69 Å². The van der Waals surface area contributed by atoms with Crippen LogP contribution >= 0.6 is 11.6 Å². The Labute approximate surface area is 86.8 Å². The summed E-state index contributed by atoms with van der Waals surface area (Å²) in [5, 5.41) is 9.27. The first-order chi connectivity index (χ1) is 6.93. The van der Waals surface area contributed by atoms with Crippen molar-refractivity contribution in [2.45, 2.75) is 6.43 Å². The van der Waals surface area contributed by atoms with Gasteiger partial charge in [-0.25, -0.2) is 13.8 Å². The van der Waals surface area contributed by atoms with E-state index >= 15 is 0 Å². The second kappa shape index (κ2) is 4.26. The van der Waals surface area contributed by atoms with Gasteiger partial charge < -0.3 is 0 Å². The molecular weight excluding hydrogens is 234 g/mol. The number of hydrogen-bond donors (Lipinski definition) is 0. The highest BCUT2D eigenvalue weighted by Crippen LogP contribution is 2.27. The normalized spacial score (nSPS) is 10.4. The maximum atomic E-state index is 12.3. The summed E-state index contributed by atoms with van der Waals surface area (Å²) in [7, 11) is 0. The molecule has 0 aliphatic carbocycles. The van der Waals surface area contributed by atoms with Crippen LogP contribution in [0.15, 0.2) is 12.1 Å². The van der Waals surface area contributed by atoms with E-state index in [0.29, 0.717) is 0 Å². The third-order valence-electron chi connectivity index (χ3n) is 1.51. The van der Waals surface area contributed by atoms with Crippen LogP contribution in [0, 0.1) is 10.1 Å². The van der Waals surface area contributed by atoms with Crippen molar-refractivity contribution < 1.29 is 18.5 Å². The van der Waals surface area contributed by atoms with E-state index in [0.717, 1.165) is 12.1 Å². The number of rotatable bonds is 3. The summed E-state index contributed by atoms with van der Waals surface area (Å²) in [5.74, 6) is 0. The Kier molecular flexibility index (Phi) is 3.25. The molecule has 0 aliphatic rings. The zero-order chi connectivity index (χ0) is 11.6. The summed E-state index contributed by atoms with van der Waals surface area (Å²) < 4.78 is 24.6. The zero-order valence-electron chi connectivity index (χ0n) is 6.99. The molecule has 0 fully saturated rings. The molecule has 0 atom stereocenters. The van der Waals surface area contributed by atoms with Crippen LogP contribution in [0.1, 0.15) is 22.6 Å². The quantitative estimate of drug-likeness (QED) is 0.459. The molecule has 1 rings (SSSR count). The largest absolute Gasteiger partial charge is 0.296 e. The maximum Gasteiger partial charge on any atom is 0.296 e. The van der Waals surface area contributed by atoms with Crippen molar-refractivity contribution in [2.75, 3.05) is 0 Å². The van der Waals surface area contributed by atoms with Gasteiger partial charge in [0.25, 0.3) is 17.4 Å². The first kappa shape index (κ1) is 11.4. The summed E-state index contributed by atoms with van der Waals surface area (Å²) in [4.78, 5) is 23.0. The highest BCUT2D eigenvalue weighted by molar-refractivity contribution is 6.67. The van der Waals surface area contributed by atoms with E-state index < -0.39 is 33.7 Å². The lowest BCUT2D eigenvalue weighted by atomic mass is 10.2. The highest BCUT2D eigenvalue weighted by atomic mass is 35.5. The third-order valence-corrected chi connectivity index (χ3v) is 1.70. The predicted octanol–water partition coefficient (Wildman–Crippen LogP) is 2.31. The second-order valence-electron chi connectivity index (χ2n) is 2.43. The number of nitro groups is 1. The van der Waals surface area contributed by atoms with Gasteiger partial charge in [-0.15, -0.1) is 0 Å². The van der Waals surface area contributed by atoms with Crippen LogP contribution in [0.25, 0.3) is 0 Å². The van der Waals surface area contributed by atoms with Crippen molar-refractivity contribution >= 4 is 22.5 Å². The molecule has 15 heavy (non-hydrogen) atoms. The monoisotopic (exact) mass is 236 g/mol. The molecule has 0 aromatic carbocycles. The molecule has 0 saturated heterocycles. The van der Waals surface area contributed by atoms with E-state index in [2.05, 4.69) is 4.98 Å². The molecule has 8 heteroatoms. The van der Waals surface area contributed by atoms with E-state index in [-0.39, 0.29) is 0 Å². The van der Waals surface area contributed by atoms with Crippen molar-refractivity contribution in [3.05, 3.63) is 33.6 Å². The topological polar surface area (TPSA) is 73.1 Å². The van der Waals surface area contributed by atoms with Gasteiger partial charge in [-0.2, -0.15) is 0 Å². The van der Waals surface area contributed by atoms with Gasteiger partial charge in [-0.05, 0) is 17.7 Å². The Hall–Kier alpha value is -1.63. The second-order valence-corrected chi connectivity index (χ2v) is 2.78. The lowest BCUT2D eigenvalue weighted by Gasteiger charge is -2.01. The molecule has 1 aromatic heterocycles. The number of nitrogens with zero attached hydrogens (tertiary/aromatic N) is 2. The number of carbonyl (C=O) groups excluding carboxylic acids is 1. The fourth-order valence-corrected chi connectivity index (χ4v) is 0.997. The average molecular weight is 237 g/mol. The number of carbonyl (C=O) groups is 1. The van der Waals surface area contributed by atoms with Gasteiger partial charge in [0.1, 0.15) is 5.69 Å². The zero-order valence-corrected chi connectivity index (χ0v) is 7.74. The molecular formula is C7H3ClF2N2O3. The van der Waals surface area contributed by atoms with Gasteiger partial charge in [0.2, 0.25) is 0 Å². The Bertz CT molecular complexity index is 425. The number of halogens is 3. The lowest BCUT2D eigenvalue weighted by Crippen LogP contribution is -2.03. The number of alkyl halides is 2. The Morgan fingerprint density at radius 3 is 2.53 bits per heavy atom. The van der Waals surface area contributed by atoms with Gasteiger partial charge >= 0.3 is 0 Å². The van der Waals surface area contributed by atoms with E-state index in [1.807, 2.05) is 0 Å². The molecule has 0 aliphatic heterocycles. The molecule has 0 radical (unpaired) electrons. The van der Waals surface area contributed by atoms with Crippen LogP contribution in [0.3, 0.4) is 0 Å². The first-order valence-corrected chi connectivity index (χ1v) is 3.94. The van der Waals surface area contributed by atoms with Crippen LogP contribution in [-0.2, 0) is 0 Å². The van der Waals surface area contributed by atoms with E-state index in [9.17, 15) is 23.7 Å². The molecule has 80 valence electrons. The molecule has 0 spiro atoms. The minimum absolute atomic E-state index is 0.447. The number of hydrogen-bond acceptors (Lipinski definition) is 4. The van der Waals surface area contributed by atoms with E-state index in [1.165, 1.54) is 0 Å². The van der Waals surface area contributed by atoms with Gasteiger partial charge in [0.05, 0.1) is 4.92 Å². The van der Waals surface area contributed by atoms with Crippen molar-refractivity contribution in [1.29, 1.82) is 0 Å². The summed E-state index contributed by atoms with van der Waals surface area (Å²) >= 11 is 5.00. The molecule has 0 saturated carbocycles. The maximum absolute atomic E-state index is 12.3. The Balaban J connectivity index is 3.33. The predicted molar refractivity (Wildman–Crippen MR) is 46.0 cm³/mol. The number of aromatic nitrogens is 1. The highest BCUT2D eigenvalue weighted by Gasteiger charge is 2.24. The summed E-state index contributed by atoms with van der Waals surface area (Å²) in [6, 6.07) is 1.68. The molecule has 1 heterocycles. The minimum Gasteiger partial charge on any atom is -0.274 e. The molecule has 0 bridgehead atoms. The smallest absolute Gasteiger partial charge is 0.274 e. The van der Waals surface area contributed by atoms with Crippen LogP contribution in [0.2, 0.25) is 0 Å². The SMILES string of the molecule is O=C(Cl)c1ccc([N+](=O)[O-])c(C(F)F)n1. The summed E-state index contributed by atoms with van der Waals surface area (Å²) in [5.41, 5.74) is -2.35. The van der Waals surface area contributed by atoms with Gasteiger partial charge in [-0.3, -0.25) is 14.9 Å². The van der Waals surface area contributed by atoms with Crippen molar-refractivity contribution in [3.8, 4) is 0 Å². The summed E-state index contributed by atoms with van der Waals surface area (Å²) in [6.45, 7) is 0. The van der Waals surface area contributed by atoms with Crippen molar-refractivity contribution in [1.82, 2.24) is 4.98 Å². The Morgan fingerprint density at radius 2 is 2.13 bits per heavy atom. The first-order valence-electron chi connectivity index (χ1n) is 3.56. The third kappa shape index (κ3) is 2.44. The van der Waals surface area contributed by atoms with Crippen molar-refractivity contribution in [3.63, 3.8) is 0 Å². The summed E-state index contributed by atoms with van der Waals surface area (Å²) in [6.07, 6.45) is -3.14. The molecule has 0 amide bonds. The van der Waals surface area contributed by atoms with Crippen molar-refractivity contribution in [2.24, 2.45) is 0 Å². The fraction of sp³-hybridized carbons (Fsp3) is 0.143. The van der Waals surface area contributed by atoms with Crippen LogP contribution in [-0.4, -0.2) is 15.1 Å². The van der Waals surface area contributed by atoms with Gasteiger partial charge in [0, 0.05) is 6.07 Å². The molecule has 0 N–H and O–H groups in total. The van der Waals surface area contributed by atoms with Crippen LogP contribution in [0.4, 0.5) is 14.5 Å². The Morgan fingerprint density at radius 1 is 1.53 bits per heavy atom. The fourth-order valence-electron chi connectivity index (χ4n) is 0.892.